The van der Waals surface area contributed by atoms with Crippen molar-refractivity contribution in [2.45, 2.75) is 105 Å². The van der Waals surface area contributed by atoms with Crippen molar-refractivity contribution in [1.29, 1.82) is 0 Å². The zero-order valence-corrected chi connectivity index (χ0v) is 42.8. The van der Waals surface area contributed by atoms with E-state index in [4.69, 9.17) is 11.6 Å². The van der Waals surface area contributed by atoms with E-state index in [9.17, 15) is 0 Å². The van der Waals surface area contributed by atoms with Gasteiger partial charge in [0.05, 0.1) is 27.4 Å². The van der Waals surface area contributed by atoms with Crippen LogP contribution < -0.4 is 10.2 Å². The Balaban J connectivity index is 1.28. The second kappa shape index (κ2) is 17.5. The normalized spacial score (nSPS) is 12.5. The topological polar surface area (TPSA) is 20.2 Å². The highest BCUT2D eigenvalue weighted by Gasteiger charge is 2.26. The minimum atomic E-state index is -0.0479. The molecule has 0 aliphatic rings. The molecule has 0 atom stereocenters. The van der Waals surface area contributed by atoms with Gasteiger partial charge in [-0.05, 0) is 122 Å². The van der Waals surface area contributed by atoms with E-state index >= 15 is 0 Å². The van der Waals surface area contributed by atoms with Gasteiger partial charge in [0.15, 0.2) is 0 Å². The number of anilines is 5. The molecular weight excluding hydrogens is 846 g/mol. The molecule has 0 fully saturated rings. The largest absolute Gasteiger partial charge is 0.353 e. The molecule has 344 valence electrons. The van der Waals surface area contributed by atoms with Crippen LogP contribution in [0.1, 0.15) is 105 Å². The Labute approximate surface area is 410 Å². The number of fused-ring (bicyclic) bond motifs is 3. The van der Waals surface area contributed by atoms with Gasteiger partial charge in [-0.25, -0.2) is 0 Å². The van der Waals surface area contributed by atoms with Crippen LogP contribution in [0.25, 0.3) is 49.7 Å². The molecule has 1 aromatic heterocycles. The predicted octanol–water partition coefficient (Wildman–Crippen LogP) is 19.2. The van der Waals surface area contributed by atoms with E-state index in [1.165, 1.54) is 38.5 Å². The predicted molar refractivity (Wildman–Crippen MR) is 296 cm³/mol. The summed E-state index contributed by atoms with van der Waals surface area (Å²) in [4.78, 5) is 2.33. The van der Waals surface area contributed by atoms with Crippen molar-refractivity contribution < 1.29 is 0 Å². The van der Waals surface area contributed by atoms with Crippen LogP contribution in [0.4, 0.5) is 28.4 Å². The van der Waals surface area contributed by atoms with Crippen molar-refractivity contribution in [3.63, 3.8) is 0 Å². The van der Waals surface area contributed by atoms with E-state index in [1.54, 1.807) is 0 Å². The monoisotopic (exact) mass is 911 g/mol. The second-order valence-corrected chi connectivity index (χ2v) is 23.0. The maximum atomic E-state index is 8.08. The number of halogens is 1. The Morgan fingerprint density at radius 2 is 0.897 bits per heavy atom. The maximum absolute atomic E-state index is 8.08. The summed E-state index contributed by atoms with van der Waals surface area (Å²) in [5.74, 6) is 0. The van der Waals surface area contributed by atoms with E-state index in [2.05, 4.69) is 274 Å². The third kappa shape index (κ3) is 9.09. The molecule has 8 aromatic carbocycles. The molecule has 0 saturated carbocycles. The molecule has 9 aromatic rings. The lowest BCUT2D eigenvalue weighted by Crippen LogP contribution is -2.14. The lowest BCUT2D eigenvalue weighted by atomic mass is 9.83. The van der Waals surface area contributed by atoms with Gasteiger partial charge in [-0.15, -0.1) is 0 Å². The van der Waals surface area contributed by atoms with Gasteiger partial charge in [0, 0.05) is 44.6 Å². The van der Waals surface area contributed by atoms with E-state index in [-0.39, 0.29) is 21.7 Å². The van der Waals surface area contributed by atoms with E-state index in [0.717, 1.165) is 61.9 Å². The number of hydrogen-bond donors (Lipinski definition) is 1. The average molecular weight is 913 g/mol. The molecule has 0 amide bonds. The summed E-state index contributed by atoms with van der Waals surface area (Å²) in [6, 6.07) is 64.6. The van der Waals surface area contributed by atoms with Gasteiger partial charge in [0.2, 0.25) is 0 Å². The highest BCUT2D eigenvalue weighted by atomic mass is 35.5. The van der Waals surface area contributed by atoms with Gasteiger partial charge in [0.1, 0.15) is 0 Å². The number of nitrogens with zero attached hydrogens (tertiary/aromatic N) is 2. The van der Waals surface area contributed by atoms with Crippen molar-refractivity contribution in [2.75, 3.05) is 10.2 Å². The maximum Gasteiger partial charge on any atom is 0.0887 e. The average Bonchev–Trinajstić information content (AvgIpc) is 3.63. The van der Waals surface area contributed by atoms with Crippen LogP contribution in [-0.4, -0.2) is 4.57 Å². The fraction of sp³-hybridized carbons (Fsp3) is 0.250. The van der Waals surface area contributed by atoms with Crippen molar-refractivity contribution in [3.8, 4) is 27.9 Å². The molecular formula is C64H66ClN3. The summed E-state index contributed by atoms with van der Waals surface area (Å²) < 4.78 is 2.37. The molecule has 0 saturated heterocycles. The molecule has 9 rings (SSSR count). The van der Waals surface area contributed by atoms with Gasteiger partial charge in [-0.1, -0.05) is 204 Å². The van der Waals surface area contributed by atoms with Crippen LogP contribution in [0.5, 0.6) is 0 Å². The fourth-order valence-corrected chi connectivity index (χ4v) is 9.68. The Kier molecular flexibility index (Phi) is 12.0. The van der Waals surface area contributed by atoms with E-state index in [1.807, 2.05) is 0 Å². The van der Waals surface area contributed by atoms with Crippen LogP contribution in [0.2, 0.25) is 5.02 Å². The molecule has 3 nitrogen and oxygen atoms in total. The highest BCUT2D eigenvalue weighted by molar-refractivity contribution is 6.37. The molecule has 0 aliphatic heterocycles. The summed E-state index contributed by atoms with van der Waals surface area (Å²) in [7, 11) is 0. The molecule has 0 radical (unpaired) electrons. The van der Waals surface area contributed by atoms with Crippen LogP contribution >= 0.6 is 11.6 Å². The number of benzene rings is 8. The summed E-state index contributed by atoms with van der Waals surface area (Å²) in [5, 5.41) is 7.01. The van der Waals surface area contributed by atoms with E-state index in [0.29, 0.717) is 5.02 Å². The van der Waals surface area contributed by atoms with Crippen molar-refractivity contribution in [1.82, 2.24) is 4.57 Å². The lowest BCUT2D eigenvalue weighted by molar-refractivity contribution is 0.590. The quantitative estimate of drug-likeness (QED) is 0.164. The van der Waals surface area contributed by atoms with Gasteiger partial charge in [0.25, 0.3) is 0 Å². The standard InChI is InChI=1S/C64H66ClN3/c1-61(2,3)44-26-22-42(23-27-44)51-36-39-58(59(65)60(51)66-55-37-32-47(64(10,11)12)40-53(55)43-24-28-45(29-25-43)62(4,5)6)67(49-33-30-46(31-34-49)63(7,8)9)50-35-38-57-54(41-50)52-20-16-17-21-56(52)68(57)48-18-14-13-15-19-48/h13-41,66H,1-12H3. The summed E-state index contributed by atoms with van der Waals surface area (Å²) in [6.45, 7) is 27.2. The number of aromatic nitrogens is 1. The molecule has 0 bridgehead atoms. The molecule has 0 unspecified atom stereocenters. The fourth-order valence-electron chi connectivity index (χ4n) is 9.39. The summed E-state index contributed by atoms with van der Waals surface area (Å²) >= 11 is 8.08. The van der Waals surface area contributed by atoms with E-state index < -0.39 is 0 Å². The SMILES string of the molecule is CC(C)(C)c1ccc(-c2cc(C(C)(C)C)ccc2Nc2c(-c3ccc(C(C)(C)C)cc3)ccc(N(c3ccc(C(C)(C)C)cc3)c3ccc4c(c3)c3ccccc3n4-c3ccccc3)c2Cl)cc1. The third-order valence-corrected chi connectivity index (χ3v) is 13.9. The first-order chi connectivity index (χ1) is 32.2. The zero-order chi connectivity index (χ0) is 48.3. The molecule has 1 N–H and O–H groups in total. The Morgan fingerprint density at radius 3 is 1.47 bits per heavy atom. The van der Waals surface area contributed by atoms with Crippen molar-refractivity contribution in [3.05, 3.63) is 203 Å². The Morgan fingerprint density at radius 1 is 0.412 bits per heavy atom. The van der Waals surface area contributed by atoms with Crippen molar-refractivity contribution in [2.24, 2.45) is 0 Å². The third-order valence-electron chi connectivity index (χ3n) is 13.6. The lowest BCUT2D eigenvalue weighted by Gasteiger charge is -2.30. The molecule has 4 heteroatoms. The highest BCUT2D eigenvalue weighted by Crippen LogP contribution is 2.49. The minimum absolute atomic E-state index is 0.00618. The first-order valence-corrected chi connectivity index (χ1v) is 24.5. The van der Waals surface area contributed by atoms with Crippen LogP contribution in [0.15, 0.2) is 176 Å². The second-order valence-electron chi connectivity index (χ2n) is 22.6. The van der Waals surface area contributed by atoms with Crippen LogP contribution in [-0.2, 0) is 21.7 Å². The molecule has 1 heterocycles. The minimum Gasteiger partial charge on any atom is -0.353 e. The number of hydrogen-bond acceptors (Lipinski definition) is 2. The first kappa shape index (κ1) is 46.6. The summed E-state index contributed by atoms with van der Waals surface area (Å²) in [6.07, 6.45) is 0. The summed E-state index contributed by atoms with van der Waals surface area (Å²) in [5.41, 5.74) is 17.7. The van der Waals surface area contributed by atoms with Gasteiger partial charge < -0.3 is 14.8 Å². The van der Waals surface area contributed by atoms with Gasteiger partial charge in [-0.3, -0.25) is 0 Å². The number of nitrogens with one attached hydrogen (secondary N) is 1. The van der Waals surface area contributed by atoms with Gasteiger partial charge >= 0.3 is 0 Å². The van der Waals surface area contributed by atoms with Gasteiger partial charge in [-0.2, -0.15) is 0 Å². The molecule has 0 aliphatic carbocycles. The molecule has 0 spiro atoms. The smallest absolute Gasteiger partial charge is 0.0887 e. The van der Waals surface area contributed by atoms with Crippen LogP contribution in [0.3, 0.4) is 0 Å². The number of rotatable bonds is 8. The van der Waals surface area contributed by atoms with Crippen LogP contribution in [0, 0.1) is 0 Å². The molecule has 68 heavy (non-hydrogen) atoms. The zero-order valence-electron chi connectivity index (χ0n) is 42.0. The van der Waals surface area contributed by atoms with Crippen molar-refractivity contribution >= 4 is 61.8 Å². The number of para-hydroxylation sites is 2. The Hall–Kier alpha value is -6.55. The first-order valence-electron chi connectivity index (χ1n) is 24.1. The Bertz CT molecular complexity index is 3260.